The van der Waals surface area contributed by atoms with Gasteiger partial charge in [-0.1, -0.05) is 0 Å². The molecule has 0 fully saturated rings. The number of aliphatic carboxylic acids is 1. The fourth-order valence-corrected chi connectivity index (χ4v) is 4.11. The van der Waals surface area contributed by atoms with Gasteiger partial charge in [0.25, 0.3) is 0 Å². The second-order valence-corrected chi connectivity index (χ2v) is 8.07. The molecule has 2 aromatic rings. The first-order chi connectivity index (χ1) is 15.0. The number of alkyl halides is 3. The van der Waals surface area contributed by atoms with Gasteiger partial charge in [0.05, 0.1) is 28.5 Å². The monoisotopic (exact) mass is 578 g/mol. The number of halogens is 5. The van der Waals surface area contributed by atoms with Gasteiger partial charge in [-0.25, -0.2) is 4.79 Å². The zero-order valence-electron chi connectivity index (χ0n) is 16.3. The lowest BCUT2D eigenvalue weighted by Gasteiger charge is -2.17. The lowest BCUT2D eigenvalue weighted by molar-refractivity contribution is -0.175. The molecule has 0 radical (unpaired) electrons. The Morgan fingerprint density at radius 2 is 1.84 bits per heavy atom. The standard InChI is InChI=1S/C20H15Br2F3N2O5/c1-31-16-3-2-12(9-11(16)4-5-26)32-17-13(21)6-10(7-14(17)22)8-15(18(28)29)27-19(30)20(23,24)25/h2-3,6-7,9,15H,4,8H2,1H3,(H,27,30)(H,28,29)/t15-/m0/s1. The number of amides is 1. The molecule has 170 valence electrons. The maximum atomic E-state index is 12.5. The summed E-state index contributed by atoms with van der Waals surface area (Å²) in [5.41, 5.74) is 0.937. The van der Waals surface area contributed by atoms with Crippen molar-refractivity contribution in [1.82, 2.24) is 5.32 Å². The summed E-state index contributed by atoms with van der Waals surface area (Å²) in [5.74, 6) is -2.72. The smallest absolute Gasteiger partial charge is 0.471 e. The van der Waals surface area contributed by atoms with Crippen molar-refractivity contribution in [1.29, 1.82) is 5.26 Å². The van der Waals surface area contributed by atoms with E-state index in [0.717, 1.165) is 0 Å². The summed E-state index contributed by atoms with van der Waals surface area (Å²) in [6.07, 6.45) is -5.50. The van der Waals surface area contributed by atoms with Crippen LogP contribution in [0.15, 0.2) is 39.3 Å². The first kappa shape index (κ1) is 25.5. The third-order valence-electron chi connectivity index (χ3n) is 4.10. The second kappa shape index (κ2) is 10.7. The van der Waals surface area contributed by atoms with E-state index in [4.69, 9.17) is 14.7 Å². The van der Waals surface area contributed by atoms with Crippen molar-refractivity contribution >= 4 is 43.7 Å². The molecule has 0 spiro atoms. The Kier molecular flexibility index (Phi) is 8.51. The minimum atomic E-state index is -5.20. The predicted molar refractivity (Wildman–Crippen MR) is 114 cm³/mol. The Hall–Kier alpha value is -2.78. The molecular formula is C20H15Br2F3N2O5. The van der Waals surface area contributed by atoms with Gasteiger partial charge in [0, 0.05) is 12.0 Å². The van der Waals surface area contributed by atoms with E-state index in [1.807, 2.05) is 6.07 Å². The number of hydrogen-bond acceptors (Lipinski definition) is 5. The van der Waals surface area contributed by atoms with Crippen LogP contribution in [0.3, 0.4) is 0 Å². The van der Waals surface area contributed by atoms with E-state index in [1.54, 1.807) is 18.2 Å². The van der Waals surface area contributed by atoms with Crippen LogP contribution in [0.25, 0.3) is 0 Å². The Morgan fingerprint density at radius 3 is 2.34 bits per heavy atom. The van der Waals surface area contributed by atoms with Crippen molar-refractivity contribution in [2.75, 3.05) is 7.11 Å². The topological polar surface area (TPSA) is 109 Å². The van der Waals surface area contributed by atoms with E-state index in [0.29, 0.717) is 37.3 Å². The highest BCUT2D eigenvalue weighted by atomic mass is 79.9. The number of nitrogens with one attached hydrogen (secondary N) is 1. The first-order valence-corrected chi connectivity index (χ1v) is 10.3. The number of ether oxygens (including phenoxy) is 2. The Labute approximate surface area is 197 Å². The molecule has 0 saturated heterocycles. The van der Waals surface area contributed by atoms with E-state index in [9.17, 15) is 27.9 Å². The molecule has 1 amide bonds. The lowest BCUT2D eigenvalue weighted by Crippen LogP contribution is -2.47. The van der Waals surface area contributed by atoms with Crippen molar-refractivity contribution < 1.29 is 37.3 Å². The molecule has 1 atom stereocenters. The highest BCUT2D eigenvalue weighted by Crippen LogP contribution is 2.39. The molecule has 0 bridgehead atoms. The fraction of sp³-hybridized carbons (Fsp3) is 0.250. The lowest BCUT2D eigenvalue weighted by atomic mass is 10.1. The number of benzene rings is 2. The molecule has 2 N–H and O–H groups in total. The minimum absolute atomic E-state index is 0.0991. The Bertz CT molecular complexity index is 1050. The number of carboxylic acid groups (broad SMARTS) is 1. The highest BCUT2D eigenvalue weighted by Gasteiger charge is 2.40. The molecule has 32 heavy (non-hydrogen) atoms. The van der Waals surface area contributed by atoms with Gasteiger partial charge in [0.1, 0.15) is 17.5 Å². The number of methoxy groups -OCH3 is 1. The van der Waals surface area contributed by atoms with E-state index < -0.39 is 30.5 Å². The molecule has 0 heterocycles. The van der Waals surface area contributed by atoms with Crippen LogP contribution in [0, 0.1) is 11.3 Å². The average Bonchev–Trinajstić information content (AvgIpc) is 2.70. The molecule has 12 heteroatoms. The van der Waals surface area contributed by atoms with Gasteiger partial charge in [-0.05, 0) is 67.8 Å². The van der Waals surface area contributed by atoms with E-state index >= 15 is 0 Å². The molecule has 0 aliphatic carbocycles. The van der Waals surface area contributed by atoms with Crippen LogP contribution in [0.4, 0.5) is 13.2 Å². The summed E-state index contributed by atoms with van der Waals surface area (Å²) in [6.45, 7) is 0. The predicted octanol–water partition coefficient (Wildman–Crippen LogP) is 4.75. The average molecular weight is 580 g/mol. The second-order valence-electron chi connectivity index (χ2n) is 6.37. The van der Waals surface area contributed by atoms with Crippen LogP contribution in [-0.4, -0.2) is 36.3 Å². The number of hydrogen-bond donors (Lipinski definition) is 2. The van der Waals surface area contributed by atoms with Gasteiger partial charge in [0.15, 0.2) is 5.75 Å². The highest BCUT2D eigenvalue weighted by molar-refractivity contribution is 9.11. The summed E-state index contributed by atoms with van der Waals surface area (Å²) in [5, 5.41) is 19.6. The molecule has 0 aliphatic heterocycles. The number of carbonyl (C=O) groups excluding carboxylic acids is 1. The van der Waals surface area contributed by atoms with Crippen molar-refractivity contribution in [3.8, 4) is 23.3 Å². The van der Waals surface area contributed by atoms with Crippen molar-refractivity contribution in [3.63, 3.8) is 0 Å². The molecule has 0 aromatic heterocycles. The summed E-state index contributed by atoms with van der Waals surface area (Å²) in [7, 11) is 1.48. The summed E-state index contributed by atoms with van der Waals surface area (Å²) < 4.78 is 49.2. The molecule has 0 unspecified atom stereocenters. The zero-order valence-corrected chi connectivity index (χ0v) is 19.5. The largest absolute Gasteiger partial charge is 0.496 e. The third-order valence-corrected chi connectivity index (χ3v) is 5.28. The van der Waals surface area contributed by atoms with Crippen LogP contribution in [-0.2, 0) is 22.4 Å². The SMILES string of the molecule is COc1ccc(Oc2c(Br)cc(C[C@H](NC(=O)C(F)(F)F)C(=O)O)cc2Br)cc1CC#N. The van der Waals surface area contributed by atoms with Crippen molar-refractivity contribution in [2.45, 2.75) is 25.1 Å². The van der Waals surface area contributed by atoms with Gasteiger partial charge in [-0.2, -0.15) is 18.4 Å². The van der Waals surface area contributed by atoms with Crippen LogP contribution in [0.5, 0.6) is 17.2 Å². The van der Waals surface area contributed by atoms with Gasteiger partial charge in [0.2, 0.25) is 0 Å². The molecule has 0 aliphatic rings. The maximum Gasteiger partial charge on any atom is 0.471 e. The van der Waals surface area contributed by atoms with Crippen LogP contribution >= 0.6 is 31.9 Å². The molecule has 0 saturated carbocycles. The van der Waals surface area contributed by atoms with Crippen molar-refractivity contribution in [3.05, 3.63) is 50.4 Å². The van der Waals surface area contributed by atoms with E-state index in [2.05, 4.69) is 31.9 Å². The summed E-state index contributed by atoms with van der Waals surface area (Å²) >= 11 is 6.59. The quantitative estimate of drug-likeness (QED) is 0.467. The number of carbonyl (C=O) groups is 2. The van der Waals surface area contributed by atoms with Crippen LogP contribution in [0.1, 0.15) is 11.1 Å². The van der Waals surface area contributed by atoms with Gasteiger partial charge in [-0.15, -0.1) is 0 Å². The summed E-state index contributed by atoms with van der Waals surface area (Å²) in [6, 6.07) is 8.07. The van der Waals surface area contributed by atoms with E-state index in [1.165, 1.54) is 24.6 Å². The molecular weight excluding hydrogens is 565 g/mol. The zero-order chi connectivity index (χ0) is 24.1. The number of rotatable bonds is 8. The number of carboxylic acids is 1. The van der Waals surface area contributed by atoms with Gasteiger partial charge < -0.3 is 19.9 Å². The minimum Gasteiger partial charge on any atom is -0.496 e. The van der Waals surface area contributed by atoms with Crippen molar-refractivity contribution in [2.24, 2.45) is 0 Å². The van der Waals surface area contributed by atoms with Gasteiger partial charge >= 0.3 is 18.1 Å². The first-order valence-electron chi connectivity index (χ1n) is 8.76. The maximum absolute atomic E-state index is 12.5. The normalized spacial score (nSPS) is 11.9. The third kappa shape index (κ3) is 6.61. The number of nitriles is 1. The Morgan fingerprint density at radius 1 is 1.22 bits per heavy atom. The molecule has 2 rings (SSSR count). The van der Waals surface area contributed by atoms with E-state index in [-0.39, 0.29) is 6.42 Å². The molecule has 2 aromatic carbocycles. The van der Waals surface area contributed by atoms with Crippen LogP contribution in [0.2, 0.25) is 0 Å². The van der Waals surface area contributed by atoms with Gasteiger partial charge in [-0.3, -0.25) is 4.79 Å². The number of nitrogens with zero attached hydrogens (tertiary/aromatic N) is 1. The van der Waals surface area contributed by atoms with Crippen LogP contribution < -0.4 is 14.8 Å². The molecule has 7 nitrogen and oxygen atoms in total. The Balaban J connectivity index is 2.26. The summed E-state index contributed by atoms with van der Waals surface area (Å²) in [4.78, 5) is 22.4. The fourth-order valence-electron chi connectivity index (χ4n) is 2.66.